The van der Waals surface area contributed by atoms with E-state index in [1.54, 1.807) is 0 Å². The molecule has 0 aromatic carbocycles. The lowest BCUT2D eigenvalue weighted by atomic mass is 10.1. The third-order valence-corrected chi connectivity index (χ3v) is 1.47. The van der Waals surface area contributed by atoms with Crippen LogP contribution in [0.15, 0.2) is 0 Å². The first-order chi connectivity index (χ1) is 6.10. The van der Waals surface area contributed by atoms with Gasteiger partial charge in [0.1, 0.15) is 0 Å². The van der Waals surface area contributed by atoms with E-state index >= 15 is 0 Å². The number of hydrogen-bond acceptors (Lipinski definition) is 4. The van der Waals surface area contributed by atoms with E-state index in [9.17, 15) is 4.79 Å². The Morgan fingerprint density at radius 1 is 1.62 bits per heavy atom. The highest BCUT2D eigenvalue weighted by Crippen LogP contribution is 2.04. The summed E-state index contributed by atoms with van der Waals surface area (Å²) in [5.41, 5.74) is 0. The van der Waals surface area contributed by atoms with Gasteiger partial charge in [0.25, 0.3) is 0 Å². The molecule has 4 heteroatoms. The van der Waals surface area contributed by atoms with E-state index in [4.69, 9.17) is 21.4 Å². The highest BCUT2D eigenvalue weighted by Gasteiger charge is 2.10. The number of carbonyl (C=O) groups excluding carboxylic acids is 1. The number of ether oxygens (including phenoxy) is 1. The molecule has 2 atom stereocenters. The lowest BCUT2D eigenvalue weighted by Crippen LogP contribution is -2.19. The Bertz CT molecular complexity index is 194. The fourth-order valence-corrected chi connectivity index (χ4v) is 0.812. The van der Waals surface area contributed by atoms with Crippen molar-refractivity contribution in [3.05, 3.63) is 0 Å². The van der Waals surface area contributed by atoms with Crippen LogP contribution in [0.25, 0.3) is 0 Å². The number of aliphatic hydroxyl groups excluding tert-OH is 2. The van der Waals surface area contributed by atoms with Crippen molar-refractivity contribution in [1.29, 1.82) is 0 Å². The van der Waals surface area contributed by atoms with Crippen LogP contribution in [-0.2, 0) is 9.53 Å². The molecule has 1 unspecified atom stereocenters. The molecule has 0 amide bonds. The summed E-state index contributed by atoms with van der Waals surface area (Å²) < 4.78 is 4.73. The van der Waals surface area contributed by atoms with Crippen molar-refractivity contribution in [3.63, 3.8) is 0 Å². The first-order valence-corrected chi connectivity index (χ1v) is 4.02. The molecule has 0 saturated heterocycles. The van der Waals surface area contributed by atoms with Gasteiger partial charge in [0.2, 0.25) is 0 Å². The maximum Gasteiger partial charge on any atom is 0.303 e. The molecule has 0 aliphatic rings. The minimum atomic E-state index is -0.800. The molecule has 0 spiro atoms. The largest absolute Gasteiger partial charge is 0.449 e. The van der Waals surface area contributed by atoms with E-state index in [2.05, 4.69) is 5.92 Å². The second-order valence-electron chi connectivity index (χ2n) is 2.68. The third kappa shape index (κ3) is 6.14. The van der Waals surface area contributed by atoms with Gasteiger partial charge < -0.3 is 14.9 Å². The van der Waals surface area contributed by atoms with Gasteiger partial charge in [-0.05, 0) is 12.8 Å². The summed E-state index contributed by atoms with van der Waals surface area (Å²) in [4.78, 5) is 10.5. The monoisotopic (exact) mass is 186 g/mol. The molecule has 74 valence electrons. The SMILES string of the molecule is C#C[C@@H](CCC(O)CO)OC(C)=O. The average molecular weight is 186 g/mol. The molecule has 0 aliphatic heterocycles. The van der Waals surface area contributed by atoms with E-state index in [1.807, 2.05) is 0 Å². The van der Waals surface area contributed by atoms with Gasteiger partial charge in [-0.2, -0.15) is 0 Å². The number of aliphatic hydroxyl groups is 2. The summed E-state index contributed by atoms with van der Waals surface area (Å²) in [6, 6.07) is 0. The molecule has 0 bridgehead atoms. The molecule has 0 aromatic rings. The number of esters is 1. The van der Waals surface area contributed by atoms with Crippen molar-refractivity contribution in [3.8, 4) is 12.3 Å². The maximum atomic E-state index is 10.5. The zero-order chi connectivity index (χ0) is 10.3. The fraction of sp³-hybridized carbons (Fsp3) is 0.667. The molecule has 13 heavy (non-hydrogen) atoms. The van der Waals surface area contributed by atoms with Gasteiger partial charge in [0.15, 0.2) is 6.10 Å². The van der Waals surface area contributed by atoms with Crippen LogP contribution in [0, 0.1) is 12.3 Å². The van der Waals surface area contributed by atoms with Crippen LogP contribution in [0.5, 0.6) is 0 Å². The van der Waals surface area contributed by atoms with E-state index in [0.717, 1.165) is 0 Å². The normalized spacial score (nSPS) is 14.3. The van der Waals surface area contributed by atoms with E-state index in [0.29, 0.717) is 12.8 Å². The van der Waals surface area contributed by atoms with Gasteiger partial charge in [-0.3, -0.25) is 4.79 Å². The molecule has 0 heterocycles. The average Bonchev–Trinajstić information content (AvgIpc) is 2.10. The molecule has 0 radical (unpaired) electrons. The second-order valence-corrected chi connectivity index (χ2v) is 2.68. The maximum absolute atomic E-state index is 10.5. The number of rotatable bonds is 5. The zero-order valence-corrected chi connectivity index (χ0v) is 7.56. The molecule has 0 saturated carbocycles. The van der Waals surface area contributed by atoms with E-state index in [1.165, 1.54) is 6.92 Å². The van der Waals surface area contributed by atoms with E-state index < -0.39 is 18.2 Å². The number of terminal acetylenes is 1. The highest BCUT2D eigenvalue weighted by atomic mass is 16.5. The third-order valence-electron chi connectivity index (χ3n) is 1.47. The Balaban J connectivity index is 3.74. The summed E-state index contributed by atoms with van der Waals surface area (Å²) in [7, 11) is 0. The van der Waals surface area contributed by atoms with Gasteiger partial charge in [-0.25, -0.2) is 0 Å². The topological polar surface area (TPSA) is 66.8 Å². The highest BCUT2D eigenvalue weighted by molar-refractivity contribution is 5.66. The van der Waals surface area contributed by atoms with Gasteiger partial charge in [-0.15, -0.1) is 6.42 Å². The smallest absolute Gasteiger partial charge is 0.303 e. The van der Waals surface area contributed by atoms with Gasteiger partial charge >= 0.3 is 5.97 Å². The van der Waals surface area contributed by atoms with E-state index in [-0.39, 0.29) is 6.61 Å². The van der Waals surface area contributed by atoms with Crippen LogP contribution in [0.4, 0.5) is 0 Å². The second kappa shape index (κ2) is 6.46. The first-order valence-electron chi connectivity index (χ1n) is 4.02. The number of carbonyl (C=O) groups is 1. The summed E-state index contributed by atoms with van der Waals surface area (Å²) in [5.74, 6) is 1.83. The van der Waals surface area contributed by atoms with Crippen molar-refractivity contribution < 1.29 is 19.7 Å². The molecule has 0 rings (SSSR count). The number of hydrogen-bond donors (Lipinski definition) is 2. The molecule has 0 aliphatic carbocycles. The predicted octanol–water partition coefficient (Wildman–Crippen LogP) is -0.315. The Labute approximate surface area is 77.5 Å². The van der Waals surface area contributed by atoms with Crippen molar-refractivity contribution in [1.82, 2.24) is 0 Å². The predicted molar refractivity (Wildman–Crippen MR) is 46.7 cm³/mol. The molecule has 0 fully saturated rings. The molecule has 0 aromatic heterocycles. The molecule has 2 N–H and O–H groups in total. The Hall–Kier alpha value is -1.05. The van der Waals surface area contributed by atoms with Gasteiger partial charge in [0, 0.05) is 6.92 Å². The Morgan fingerprint density at radius 3 is 2.62 bits per heavy atom. The summed E-state index contributed by atoms with van der Waals surface area (Å²) in [6.45, 7) is 0.962. The zero-order valence-electron chi connectivity index (χ0n) is 7.56. The van der Waals surface area contributed by atoms with Crippen molar-refractivity contribution >= 4 is 5.97 Å². The van der Waals surface area contributed by atoms with Crippen LogP contribution in [0.3, 0.4) is 0 Å². The molecular weight excluding hydrogens is 172 g/mol. The van der Waals surface area contributed by atoms with Crippen LogP contribution < -0.4 is 0 Å². The van der Waals surface area contributed by atoms with Gasteiger partial charge in [-0.1, -0.05) is 5.92 Å². The summed E-state index contributed by atoms with van der Waals surface area (Å²) >= 11 is 0. The van der Waals surface area contributed by atoms with Crippen molar-refractivity contribution in [2.24, 2.45) is 0 Å². The Kier molecular flexibility index (Phi) is 5.94. The van der Waals surface area contributed by atoms with Crippen molar-refractivity contribution in [2.45, 2.75) is 32.0 Å². The minimum absolute atomic E-state index is 0.308. The fourth-order valence-electron chi connectivity index (χ4n) is 0.812. The first kappa shape index (κ1) is 11.9. The lowest BCUT2D eigenvalue weighted by Gasteiger charge is -2.12. The van der Waals surface area contributed by atoms with Gasteiger partial charge in [0.05, 0.1) is 12.7 Å². The molecule has 4 nitrogen and oxygen atoms in total. The van der Waals surface area contributed by atoms with Crippen LogP contribution in [0.2, 0.25) is 0 Å². The molecular formula is C9H14O4. The summed E-state index contributed by atoms with van der Waals surface area (Å²) in [6.07, 6.45) is 4.34. The van der Waals surface area contributed by atoms with Crippen LogP contribution in [0.1, 0.15) is 19.8 Å². The quantitative estimate of drug-likeness (QED) is 0.456. The minimum Gasteiger partial charge on any atom is -0.449 e. The summed E-state index contributed by atoms with van der Waals surface area (Å²) in [5, 5.41) is 17.5. The lowest BCUT2D eigenvalue weighted by molar-refractivity contribution is -0.144. The van der Waals surface area contributed by atoms with Crippen LogP contribution >= 0.6 is 0 Å². The van der Waals surface area contributed by atoms with Crippen molar-refractivity contribution in [2.75, 3.05) is 6.61 Å². The van der Waals surface area contributed by atoms with Crippen LogP contribution in [-0.4, -0.2) is 35.0 Å². The standard InChI is InChI=1S/C9H14O4/c1-3-9(13-7(2)11)5-4-8(12)6-10/h1,8-10,12H,4-6H2,2H3/t8?,9-/m0/s1. The Morgan fingerprint density at radius 2 is 2.23 bits per heavy atom.